The molecule has 0 spiro atoms. The van der Waals surface area contributed by atoms with E-state index in [0.717, 1.165) is 6.04 Å². The lowest BCUT2D eigenvalue weighted by Crippen LogP contribution is -2.42. The third kappa shape index (κ3) is 4.86. The second-order valence-corrected chi connectivity index (χ2v) is 14.6. The van der Waals surface area contributed by atoms with Gasteiger partial charge in [-0.25, -0.2) is 0 Å². The standard InChI is InChI=1S/C24H41B2O4Si/c1-17-12-14-18(15-13-17)19(16-31(10)11)20(25-27-21(2,3)22(4,5)28-25)26-29-23(6,7)24(8,9)30-26/h12-15,19-20H,16H2,1-11H3. The van der Waals surface area contributed by atoms with E-state index >= 15 is 0 Å². The topological polar surface area (TPSA) is 36.9 Å². The van der Waals surface area contributed by atoms with Crippen LogP contribution in [0.2, 0.25) is 24.9 Å². The van der Waals surface area contributed by atoms with Gasteiger partial charge in [0.1, 0.15) is 0 Å². The van der Waals surface area contributed by atoms with Crippen LogP contribution in [-0.4, -0.2) is 45.4 Å². The molecule has 4 nitrogen and oxygen atoms in total. The maximum atomic E-state index is 6.61. The van der Waals surface area contributed by atoms with Gasteiger partial charge in [0, 0.05) is 14.5 Å². The summed E-state index contributed by atoms with van der Waals surface area (Å²) in [6, 6.07) is 10.0. The molecule has 1 aromatic carbocycles. The highest BCUT2D eigenvalue weighted by Gasteiger charge is 2.63. The number of hydrogen-bond acceptors (Lipinski definition) is 4. The first kappa shape index (κ1) is 25.0. The van der Waals surface area contributed by atoms with Crippen molar-refractivity contribution in [2.75, 3.05) is 0 Å². The van der Waals surface area contributed by atoms with E-state index in [1.54, 1.807) is 0 Å². The van der Waals surface area contributed by atoms with E-state index in [1.807, 2.05) is 0 Å². The summed E-state index contributed by atoms with van der Waals surface area (Å²) in [5.41, 5.74) is 0.917. The third-order valence-corrected chi connectivity index (χ3v) is 9.03. The van der Waals surface area contributed by atoms with Gasteiger partial charge in [0.25, 0.3) is 0 Å². The van der Waals surface area contributed by atoms with Crippen LogP contribution < -0.4 is 0 Å². The van der Waals surface area contributed by atoms with Gasteiger partial charge in [-0.15, -0.1) is 0 Å². The number of benzene rings is 1. The van der Waals surface area contributed by atoms with Crippen LogP contribution in [0.25, 0.3) is 0 Å². The zero-order valence-electron chi connectivity index (χ0n) is 21.5. The minimum absolute atomic E-state index is 0.0651. The Kier molecular flexibility index (Phi) is 6.72. The summed E-state index contributed by atoms with van der Waals surface area (Å²) >= 11 is 0. The molecule has 0 amide bonds. The van der Waals surface area contributed by atoms with Gasteiger partial charge < -0.3 is 18.6 Å². The second-order valence-electron chi connectivity index (χ2n) is 11.8. The molecule has 2 fully saturated rings. The predicted octanol–water partition coefficient (Wildman–Crippen LogP) is 5.93. The molecule has 31 heavy (non-hydrogen) atoms. The molecule has 1 atom stereocenters. The smallest absolute Gasteiger partial charge is 0.403 e. The van der Waals surface area contributed by atoms with Crippen molar-refractivity contribution in [3.05, 3.63) is 35.4 Å². The van der Waals surface area contributed by atoms with Crippen LogP contribution in [0.15, 0.2) is 24.3 Å². The van der Waals surface area contributed by atoms with E-state index in [9.17, 15) is 0 Å². The first-order valence-corrected chi connectivity index (χ1v) is 14.3. The molecule has 0 aliphatic carbocycles. The molecule has 1 radical (unpaired) electrons. The molecule has 0 aromatic heterocycles. The molecular formula is C24H41B2O4Si. The summed E-state index contributed by atoms with van der Waals surface area (Å²) in [5.74, 6) is 0.230. The normalized spacial score (nSPS) is 24.9. The molecule has 3 rings (SSSR count). The Bertz CT molecular complexity index is 708. The van der Waals surface area contributed by atoms with Gasteiger partial charge in [-0.3, -0.25) is 0 Å². The predicted molar refractivity (Wildman–Crippen MR) is 132 cm³/mol. The van der Waals surface area contributed by atoms with E-state index in [2.05, 4.69) is 99.7 Å². The van der Waals surface area contributed by atoms with Gasteiger partial charge >= 0.3 is 14.2 Å². The Morgan fingerprint density at radius 1 is 0.710 bits per heavy atom. The Labute approximate surface area is 192 Å². The fraction of sp³-hybridized carbons (Fsp3) is 0.750. The molecule has 0 bridgehead atoms. The van der Waals surface area contributed by atoms with Crippen LogP contribution in [0.3, 0.4) is 0 Å². The van der Waals surface area contributed by atoms with Crippen LogP contribution in [0.1, 0.15) is 72.4 Å². The summed E-state index contributed by atoms with van der Waals surface area (Å²) in [7, 11) is -1.32. The van der Waals surface area contributed by atoms with E-state index in [1.165, 1.54) is 11.1 Å². The van der Waals surface area contributed by atoms with Crippen LogP contribution in [0.4, 0.5) is 0 Å². The maximum Gasteiger partial charge on any atom is 0.459 e. The molecule has 171 valence electrons. The lowest BCUT2D eigenvalue weighted by molar-refractivity contribution is 0.00578. The fourth-order valence-electron chi connectivity index (χ4n) is 4.33. The quantitative estimate of drug-likeness (QED) is 0.511. The summed E-state index contributed by atoms with van der Waals surface area (Å²) < 4.78 is 26.4. The van der Waals surface area contributed by atoms with Crippen LogP contribution >= 0.6 is 0 Å². The zero-order chi connectivity index (χ0) is 23.4. The highest BCUT2D eigenvalue weighted by molar-refractivity contribution is 6.69. The Morgan fingerprint density at radius 3 is 1.39 bits per heavy atom. The maximum absolute atomic E-state index is 6.61. The van der Waals surface area contributed by atoms with Crippen LogP contribution in [0.5, 0.6) is 0 Å². The van der Waals surface area contributed by atoms with Gasteiger partial charge in [0.05, 0.1) is 22.4 Å². The summed E-state index contributed by atoms with van der Waals surface area (Å²) in [5, 5.41) is 0. The number of aryl methyl sites for hydroxylation is 1. The molecule has 2 saturated heterocycles. The Morgan fingerprint density at radius 2 is 1.06 bits per heavy atom. The third-order valence-electron chi connectivity index (χ3n) is 7.77. The van der Waals surface area contributed by atoms with E-state index in [0.29, 0.717) is 0 Å². The SMILES string of the molecule is Cc1ccc(C(C[Si](C)C)C(B2OC(C)(C)C(C)(C)O2)B2OC(C)(C)C(C)(C)O2)cc1. The van der Waals surface area contributed by atoms with Crippen molar-refractivity contribution in [1.29, 1.82) is 0 Å². The molecule has 1 unspecified atom stereocenters. The molecule has 2 aliphatic rings. The van der Waals surface area contributed by atoms with Gasteiger partial charge in [-0.1, -0.05) is 49.0 Å². The molecular weight excluding hydrogens is 402 g/mol. The number of hydrogen-bond donors (Lipinski definition) is 0. The first-order chi connectivity index (χ1) is 14.1. The van der Waals surface area contributed by atoms with Gasteiger partial charge in [-0.2, -0.15) is 0 Å². The van der Waals surface area contributed by atoms with E-state index in [4.69, 9.17) is 18.6 Å². The lowest BCUT2D eigenvalue weighted by Gasteiger charge is -2.32. The van der Waals surface area contributed by atoms with Crippen molar-refractivity contribution in [1.82, 2.24) is 0 Å². The minimum Gasteiger partial charge on any atom is -0.403 e. The van der Waals surface area contributed by atoms with Crippen molar-refractivity contribution in [2.45, 2.75) is 115 Å². The summed E-state index contributed by atoms with van der Waals surface area (Å²) in [6.45, 7) is 23.8. The monoisotopic (exact) mass is 443 g/mol. The zero-order valence-corrected chi connectivity index (χ0v) is 22.5. The molecule has 7 heteroatoms. The number of rotatable bonds is 6. The molecule has 1 aromatic rings. The Balaban J connectivity index is 2.06. The van der Waals surface area contributed by atoms with Crippen molar-refractivity contribution in [3.63, 3.8) is 0 Å². The summed E-state index contributed by atoms with van der Waals surface area (Å²) in [4.78, 5) is 0. The molecule has 0 saturated carbocycles. The molecule has 0 N–H and O–H groups in total. The highest BCUT2D eigenvalue weighted by Crippen LogP contribution is 2.50. The highest BCUT2D eigenvalue weighted by atomic mass is 28.3. The molecule has 2 heterocycles. The second kappa shape index (κ2) is 8.32. The van der Waals surface area contributed by atoms with E-state index in [-0.39, 0.29) is 11.6 Å². The average molecular weight is 443 g/mol. The minimum atomic E-state index is -0.528. The average Bonchev–Trinajstić information content (AvgIpc) is 2.93. The van der Waals surface area contributed by atoms with Crippen molar-refractivity contribution >= 4 is 23.0 Å². The van der Waals surface area contributed by atoms with Gasteiger partial charge in [-0.05, 0) is 73.8 Å². The first-order valence-electron chi connectivity index (χ1n) is 11.6. The van der Waals surface area contributed by atoms with Crippen LogP contribution in [0, 0.1) is 6.92 Å². The van der Waals surface area contributed by atoms with Crippen LogP contribution in [-0.2, 0) is 18.6 Å². The van der Waals surface area contributed by atoms with Gasteiger partial charge in [0.2, 0.25) is 0 Å². The Hall–Kier alpha value is -0.593. The van der Waals surface area contributed by atoms with Gasteiger partial charge in [0.15, 0.2) is 0 Å². The van der Waals surface area contributed by atoms with Crippen molar-refractivity contribution in [3.8, 4) is 0 Å². The largest absolute Gasteiger partial charge is 0.459 e. The van der Waals surface area contributed by atoms with E-state index < -0.39 is 45.4 Å². The summed E-state index contributed by atoms with van der Waals surface area (Å²) in [6.07, 6.45) is 0. The van der Waals surface area contributed by atoms with Crippen molar-refractivity contribution in [2.24, 2.45) is 0 Å². The fourth-order valence-corrected chi connectivity index (χ4v) is 5.72. The lowest BCUT2D eigenvalue weighted by atomic mass is 9.46. The molecule has 2 aliphatic heterocycles. The van der Waals surface area contributed by atoms with Crippen molar-refractivity contribution < 1.29 is 18.6 Å².